The Morgan fingerprint density at radius 3 is 3.09 bits per heavy atom. The van der Waals surface area contributed by atoms with Crippen molar-refractivity contribution in [1.29, 1.82) is 0 Å². The average Bonchev–Trinajstić information content (AvgIpc) is 3.10. The molecule has 0 fully saturated rings. The number of benzene rings is 1. The lowest BCUT2D eigenvalue weighted by atomic mass is 10.2. The van der Waals surface area contributed by atoms with E-state index in [1.807, 2.05) is 41.8 Å². The maximum atomic E-state index is 12.4. The molecule has 0 atom stereocenters. The van der Waals surface area contributed by atoms with Gasteiger partial charge in [-0.1, -0.05) is 0 Å². The summed E-state index contributed by atoms with van der Waals surface area (Å²) in [5.41, 5.74) is 3.14. The van der Waals surface area contributed by atoms with Gasteiger partial charge in [-0.05, 0) is 37.3 Å². The molecule has 0 saturated heterocycles. The highest BCUT2D eigenvalue weighted by molar-refractivity contribution is 7.18. The lowest BCUT2D eigenvalue weighted by Gasteiger charge is -2.05. The number of anilines is 1. The van der Waals surface area contributed by atoms with E-state index >= 15 is 0 Å². The van der Waals surface area contributed by atoms with Crippen molar-refractivity contribution in [3.05, 3.63) is 59.6 Å². The Kier molecular flexibility index (Phi) is 2.90. The Labute approximate surface area is 130 Å². The van der Waals surface area contributed by atoms with Gasteiger partial charge in [0.2, 0.25) is 0 Å². The lowest BCUT2D eigenvalue weighted by Crippen LogP contribution is -2.12. The maximum absolute atomic E-state index is 12.4. The number of aryl methyl sites for hydroxylation is 1. The second-order valence-electron chi connectivity index (χ2n) is 5.01. The Hall–Kier alpha value is -2.73. The summed E-state index contributed by atoms with van der Waals surface area (Å²) in [6.07, 6.45) is 5.25. The smallest absolute Gasteiger partial charge is 0.255 e. The second kappa shape index (κ2) is 4.92. The molecule has 6 heteroatoms. The fourth-order valence-electron chi connectivity index (χ4n) is 2.38. The van der Waals surface area contributed by atoms with Gasteiger partial charge >= 0.3 is 0 Å². The molecule has 0 aliphatic carbocycles. The minimum atomic E-state index is -0.144. The SMILES string of the molecule is Cc1nc2cc(NC(=O)c3ccn4cncc4c3)ccc2s1. The number of amides is 1. The Balaban J connectivity index is 1.64. The van der Waals surface area contributed by atoms with E-state index < -0.39 is 0 Å². The lowest BCUT2D eigenvalue weighted by molar-refractivity contribution is 0.102. The first-order valence-electron chi connectivity index (χ1n) is 6.79. The third kappa shape index (κ3) is 2.23. The largest absolute Gasteiger partial charge is 0.322 e. The highest BCUT2D eigenvalue weighted by Crippen LogP contribution is 2.24. The van der Waals surface area contributed by atoms with Gasteiger partial charge < -0.3 is 9.72 Å². The number of carbonyl (C=O) groups is 1. The molecule has 1 N–H and O–H groups in total. The molecule has 4 rings (SSSR count). The van der Waals surface area contributed by atoms with E-state index in [1.54, 1.807) is 29.9 Å². The van der Waals surface area contributed by atoms with Crippen LogP contribution in [0.2, 0.25) is 0 Å². The Morgan fingerprint density at radius 2 is 2.18 bits per heavy atom. The van der Waals surface area contributed by atoms with Crippen LogP contribution in [0, 0.1) is 6.92 Å². The first-order valence-corrected chi connectivity index (χ1v) is 7.61. The molecule has 3 aromatic heterocycles. The van der Waals surface area contributed by atoms with Gasteiger partial charge in [0.05, 0.1) is 33.3 Å². The number of pyridine rings is 1. The number of fused-ring (bicyclic) bond motifs is 2. The number of nitrogens with one attached hydrogen (secondary N) is 1. The summed E-state index contributed by atoms with van der Waals surface area (Å²) in [5.74, 6) is -0.144. The molecule has 0 bridgehead atoms. The molecule has 22 heavy (non-hydrogen) atoms. The minimum Gasteiger partial charge on any atom is -0.322 e. The molecule has 0 radical (unpaired) electrons. The molecule has 1 aromatic carbocycles. The number of hydrogen-bond donors (Lipinski definition) is 1. The quantitative estimate of drug-likeness (QED) is 0.616. The molecule has 0 aliphatic rings. The van der Waals surface area contributed by atoms with Crippen molar-refractivity contribution < 1.29 is 4.79 Å². The van der Waals surface area contributed by atoms with Crippen LogP contribution in [0.1, 0.15) is 15.4 Å². The van der Waals surface area contributed by atoms with Crippen molar-refractivity contribution >= 4 is 38.7 Å². The minimum absolute atomic E-state index is 0.144. The fraction of sp³-hybridized carbons (Fsp3) is 0.0625. The van der Waals surface area contributed by atoms with Gasteiger partial charge in [0.15, 0.2) is 0 Å². The predicted octanol–water partition coefficient (Wildman–Crippen LogP) is 3.50. The highest BCUT2D eigenvalue weighted by atomic mass is 32.1. The van der Waals surface area contributed by atoms with Crippen LogP contribution < -0.4 is 5.32 Å². The molecule has 108 valence electrons. The molecule has 4 aromatic rings. The van der Waals surface area contributed by atoms with Gasteiger partial charge in [-0.15, -0.1) is 11.3 Å². The van der Waals surface area contributed by atoms with Gasteiger partial charge in [-0.3, -0.25) is 4.79 Å². The van der Waals surface area contributed by atoms with Crippen LogP contribution in [0.3, 0.4) is 0 Å². The van der Waals surface area contributed by atoms with Crippen molar-refractivity contribution in [3.63, 3.8) is 0 Å². The van der Waals surface area contributed by atoms with Gasteiger partial charge in [0, 0.05) is 17.4 Å². The van der Waals surface area contributed by atoms with E-state index in [0.717, 1.165) is 26.4 Å². The number of carbonyl (C=O) groups excluding carboxylic acids is 1. The molecule has 5 nitrogen and oxygen atoms in total. The first kappa shape index (κ1) is 13.0. The fourth-order valence-corrected chi connectivity index (χ4v) is 3.19. The number of thiazole rings is 1. The van der Waals surface area contributed by atoms with E-state index in [9.17, 15) is 4.79 Å². The van der Waals surface area contributed by atoms with Crippen molar-refractivity contribution in [2.45, 2.75) is 6.92 Å². The molecule has 3 heterocycles. The van der Waals surface area contributed by atoms with Crippen molar-refractivity contribution in [2.24, 2.45) is 0 Å². The van der Waals surface area contributed by atoms with E-state index in [4.69, 9.17) is 0 Å². The monoisotopic (exact) mass is 308 g/mol. The summed E-state index contributed by atoms with van der Waals surface area (Å²) in [4.78, 5) is 20.9. The number of rotatable bonds is 2. The number of hydrogen-bond acceptors (Lipinski definition) is 4. The zero-order valence-electron chi connectivity index (χ0n) is 11.8. The molecule has 0 spiro atoms. The van der Waals surface area contributed by atoms with Gasteiger partial charge in [0.1, 0.15) is 0 Å². The Morgan fingerprint density at radius 1 is 1.27 bits per heavy atom. The third-order valence-electron chi connectivity index (χ3n) is 3.43. The van der Waals surface area contributed by atoms with E-state index in [-0.39, 0.29) is 5.91 Å². The van der Waals surface area contributed by atoms with Crippen LogP contribution in [-0.4, -0.2) is 20.3 Å². The summed E-state index contributed by atoms with van der Waals surface area (Å²) in [6, 6.07) is 9.36. The number of aromatic nitrogens is 3. The van der Waals surface area contributed by atoms with Gasteiger partial charge in [0.25, 0.3) is 5.91 Å². The van der Waals surface area contributed by atoms with Crippen LogP contribution >= 0.6 is 11.3 Å². The van der Waals surface area contributed by atoms with E-state index in [1.165, 1.54) is 0 Å². The predicted molar refractivity (Wildman–Crippen MR) is 87.5 cm³/mol. The standard InChI is InChI=1S/C16H12N4OS/c1-10-18-14-7-12(2-3-15(14)22-10)19-16(21)11-4-5-20-9-17-8-13(20)6-11/h2-9H,1H3,(H,19,21). The number of nitrogens with zero attached hydrogens (tertiary/aromatic N) is 3. The zero-order chi connectivity index (χ0) is 15.1. The highest BCUT2D eigenvalue weighted by Gasteiger charge is 2.08. The third-order valence-corrected chi connectivity index (χ3v) is 4.38. The zero-order valence-corrected chi connectivity index (χ0v) is 12.6. The first-order chi connectivity index (χ1) is 10.7. The summed E-state index contributed by atoms with van der Waals surface area (Å²) in [7, 11) is 0. The molecule has 0 saturated carbocycles. The molecular weight excluding hydrogens is 296 g/mol. The van der Waals surface area contributed by atoms with Crippen LogP contribution in [0.15, 0.2) is 49.1 Å². The van der Waals surface area contributed by atoms with Crippen LogP contribution in [0.5, 0.6) is 0 Å². The summed E-state index contributed by atoms with van der Waals surface area (Å²) >= 11 is 1.64. The molecule has 0 aliphatic heterocycles. The normalized spacial score (nSPS) is 11.1. The van der Waals surface area contributed by atoms with Crippen LogP contribution in [-0.2, 0) is 0 Å². The molecule has 0 unspecified atom stereocenters. The summed E-state index contributed by atoms with van der Waals surface area (Å²) in [6.45, 7) is 1.98. The van der Waals surface area contributed by atoms with Crippen LogP contribution in [0.4, 0.5) is 5.69 Å². The topological polar surface area (TPSA) is 59.3 Å². The molecule has 1 amide bonds. The maximum Gasteiger partial charge on any atom is 0.255 e. The van der Waals surface area contributed by atoms with Crippen LogP contribution in [0.25, 0.3) is 15.7 Å². The van der Waals surface area contributed by atoms with Crippen molar-refractivity contribution in [2.75, 3.05) is 5.32 Å². The summed E-state index contributed by atoms with van der Waals surface area (Å²) < 4.78 is 2.98. The van der Waals surface area contributed by atoms with E-state index in [0.29, 0.717) is 5.56 Å². The summed E-state index contributed by atoms with van der Waals surface area (Å²) in [5, 5.41) is 3.93. The van der Waals surface area contributed by atoms with Gasteiger partial charge in [-0.25, -0.2) is 9.97 Å². The molecular formula is C16H12N4OS. The van der Waals surface area contributed by atoms with Gasteiger partial charge in [-0.2, -0.15) is 0 Å². The van der Waals surface area contributed by atoms with E-state index in [2.05, 4.69) is 15.3 Å². The second-order valence-corrected chi connectivity index (χ2v) is 6.25. The van der Waals surface area contributed by atoms with Crippen molar-refractivity contribution in [3.8, 4) is 0 Å². The number of imidazole rings is 1. The average molecular weight is 308 g/mol. The van der Waals surface area contributed by atoms with Crippen molar-refractivity contribution in [1.82, 2.24) is 14.4 Å². The Bertz CT molecular complexity index is 1000.